The van der Waals surface area contributed by atoms with Crippen LogP contribution in [-0.4, -0.2) is 22.9 Å². The third kappa shape index (κ3) is 6.38. The lowest BCUT2D eigenvalue weighted by atomic mass is 10.0. The van der Waals surface area contributed by atoms with Crippen molar-refractivity contribution in [3.8, 4) is 0 Å². The number of rotatable bonds is 10. The second kappa shape index (κ2) is 9.54. The summed E-state index contributed by atoms with van der Waals surface area (Å²) in [4.78, 5) is 0. The monoisotopic (exact) mass is 307 g/mol. The minimum atomic E-state index is -3.55. The predicted octanol–water partition coefficient (Wildman–Crippen LogP) is 5.03. The minimum Gasteiger partial charge on any atom is -0.410 e. The molecule has 0 aliphatic heterocycles. The molecule has 0 heterocycles. The van der Waals surface area contributed by atoms with E-state index in [0.717, 1.165) is 25.7 Å². The lowest BCUT2D eigenvalue weighted by Gasteiger charge is -2.27. The maximum Gasteiger partial charge on any atom is 0.379 e. The van der Waals surface area contributed by atoms with E-state index in [2.05, 4.69) is 12.1 Å². The van der Waals surface area contributed by atoms with Gasteiger partial charge in [-0.05, 0) is 40.5 Å². The van der Waals surface area contributed by atoms with Gasteiger partial charge in [-0.15, -0.1) is 0 Å². The molecule has 0 rings (SSSR count). The van der Waals surface area contributed by atoms with Crippen LogP contribution in [0.1, 0.15) is 67.2 Å². The molecule has 1 atom stereocenters. The van der Waals surface area contributed by atoms with Gasteiger partial charge >= 0.3 is 7.60 Å². The van der Waals surface area contributed by atoms with E-state index in [9.17, 15) is 9.77 Å². The molecule has 0 saturated carbocycles. The fourth-order valence-corrected chi connectivity index (χ4v) is 4.26. The van der Waals surface area contributed by atoms with Crippen LogP contribution in [0.25, 0.3) is 0 Å². The van der Waals surface area contributed by atoms with Gasteiger partial charge in [-0.2, -0.15) is 0 Å². The molecule has 0 aliphatic rings. The normalized spacial score (nSPS) is 15.1. The van der Waals surface area contributed by atoms with Crippen LogP contribution in [-0.2, 0) is 13.6 Å². The van der Waals surface area contributed by atoms with E-state index in [0.29, 0.717) is 0 Å². The van der Waals surface area contributed by atoms with Crippen LogP contribution in [0.3, 0.4) is 0 Å². The van der Waals surface area contributed by atoms with Gasteiger partial charge in [-0.1, -0.05) is 31.8 Å². The van der Waals surface area contributed by atoms with Gasteiger partial charge < -0.3 is 14.3 Å². The summed E-state index contributed by atoms with van der Waals surface area (Å²) in [7, 11) is -3.55. The standard InChI is InChI=1S/C14H30NO4P/c1-7-9-10-13(8-2)14(15-16)20(17,18-11(3)4)19-12(5)6/h11-13,16H,7-10H2,1-6H3/b15-14-. The highest BCUT2D eigenvalue weighted by molar-refractivity contribution is 7.72. The molecule has 120 valence electrons. The molecule has 0 fully saturated rings. The largest absolute Gasteiger partial charge is 0.410 e. The number of oxime groups is 1. The molecule has 0 saturated heterocycles. The summed E-state index contributed by atoms with van der Waals surface area (Å²) < 4.78 is 24.0. The molecule has 6 heteroatoms. The molecule has 0 aliphatic carbocycles. The molecule has 0 amide bonds. The number of unbranched alkanes of at least 4 members (excludes halogenated alkanes) is 1. The zero-order valence-electron chi connectivity index (χ0n) is 13.6. The van der Waals surface area contributed by atoms with Crippen LogP contribution in [0, 0.1) is 5.92 Å². The van der Waals surface area contributed by atoms with Crippen molar-refractivity contribution in [1.29, 1.82) is 0 Å². The molecule has 1 N–H and O–H groups in total. The minimum absolute atomic E-state index is 0.0803. The Labute approximate surface area is 123 Å². The molecule has 0 aromatic carbocycles. The maximum atomic E-state index is 13.0. The Morgan fingerprint density at radius 1 is 1.15 bits per heavy atom. The second-order valence-corrected chi connectivity index (χ2v) is 7.39. The number of hydrogen-bond donors (Lipinski definition) is 1. The van der Waals surface area contributed by atoms with Crippen LogP contribution in [0.4, 0.5) is 0 Å². The van der Waals surface area contributed by atoms with Crippen molar-refractivity contribution in [2.75, 3.05) is 0 Å². The summed E-state index contributed by atoms with van der Waals surface area (Å²) in [5.41, 5.74) is 0.163. The fourth-order valence-electron chi connectivity index (χ4n) is 2.01. The Morgan fingerprint density at radius 2 is 1.65 bits per heavy atom. The molecule has 0 aromatic rings. The van der Waals surface area contributed by atoms with Crippen LogP contribution < -0.4 is 0 Å². The Hall–Kier alpha value is -0.380. The van der Waals surface area contributed by atoms with E-state index in [1.807, 2.05) is 6.92 Å². The fraction of sp³-hybridized carbons (Fsp3) is 0.929. The first kappa shape index (κ1) is 19.6. The number of nitrogens with zero attached hydrogens (tertiary/aromatic N) is 1. The van der Waals surface area contributed by atoms with Crippen molar-refractivity contribution in [2.24, 2.45) is 11.1 Å². The Balaban J connectivity index is 5.31. The van der Waals surface area contributed by atoms with E-state index in [1.54, 1.807) is 27.7 Å². The summed E-state index contributed by atoms with van der Waals surface area (Å²) in [5.74, 6) is -0.0803. The SMILES string of the molecule is CCCCC(CC)/C(=N/O)P(=O)(OC(C)C)OC(C)C. The van der Waals surface area contributed by atoms with E-state index in [1.165, 1.54) is 0 Å². The van der Waals surface area contributed by atoms with Crippen LogP contribution in [0.15, 0.2) is 5.16 Å². The molecule has 1 unspecified atom stereocenters. The maximum absolute atomic E-state index is 13.0. The smallest absolute Gasteiger partial charge is 0.379 e. The quantitative estimate of drug-likeness (QED) is 0.266. The zero-order chi connectivity index (χ0) is 15.8. The predicted molar refractivity (Wildman–Crippen MR) is 82.6 cm³/mol. The highest BCUT2D eigenvalue weighted by Gasteiger charge is 2.39. The summed E-state index contributed by atoms with van der Waals surface area (Å²) in [6.45, 7) is 11.2. The zero-order valence-corrected chi connectivity index (χ0v) is 14.5. The Bertz CT molecular complexity index is 328. The average Bonchev–Trinajstić information content (AvgIpc) is 2.31. The molecule has 20 heavy (non-hydrogen) atoms. The highest BCUT2D eigenvalue weighted by atomic mass is 31.2. The van der Waals surface area contributed by atoms with Gasteiger partial charge in [-0.25, -0.2) is 0 Å². The first-order chi connectivity index (χ1) is 9.30. The van der Waals surface area contributed by atoms with Crippen molar-refractivity contribution in [3.63, 3.8) is 0 Å². The average molecular weight is 307 g/mol. The molecule has 0 bridgehead atoms. The van der Waals surface area contributed by atoms with Crippen molar-refractivity contribution < 1.29 is 18.8 Å². The molecular weight excluding hydrogens is 277 g/mol. The summed E-state index contributed by atoms with van der Waals surface area (Å²) in [5, 5.41) is 12.6. The molecule has 5 nitrogen and oxygen atoms in total. The van der Waals surface area contributed by atoms with Gasteiger partial charge in [0, 0.05) is 5.92 Å². The molecule has 0 aromatic heterocycles. The third-order valence-corrected chi connectivity index (χ3v) is 5.26. The molecule has 0 spiro atoms. The highest BCUT2D eigenvalue weighted by Crippen LogP contribution is 2.55. The number of hydrogen-bond acceptors (Lipinski definition) is 5. The van der Waals surface area contributed by atoms with Crippen LogP contribution >= 0.6 is 7.60 Å². The van der Waals surface area contributed by atoms with Gasteiger partial charge in [0.2, 0.25) is 0 Å². The van der Waals surface area contributed by atoms with Crippen molar-refractivity contribution in [1.82, 2.24) is 0 Å². The van der Waals surface area contributed by atoms with Gasteiger partial charge in [0.1, 0.15) is 0 Å². The Morgan fingerprint density at radius 3 is 1.95 bits per heavy atom. The summed E-state index contributed by atoms with van der Waals surface area (Å²) in [6.07, 6.45) is 3.06. The van der Waals surface area contributed by atoms with Crippen molar-refractivity contribution >= 4 is 13.0 Å². The van der Waals surface area contributed by atoms with E-state index in [4.69, 9.17) is 9.05 Å². The van der Waals surface area contributed by atoms with Crippen LogP contribution in [0.5, 0.6) is 0 Å². The van der Waals surface area contributed by atoms with Gasteiger partial charge in [-0.3, -0.25) is 4.57 Å². The van der Waals surface area contributed by atoms with Crippen molar-refractivity contribution in [3.05, 3.63) is 0 Å². The lowest BCUT2D eigenvalue weighted by molar-refractivity contribution is 0.150. The van der Waals surface area contributed by atoms with Gasteiger partial charge in [0.25, 0.3) is 0 Å². The first-order valence-corrected chi connectivity index (χ1v) is 9.04. The second-order valence-electron chi connectivity index (χ2n) is 5.51. The van der Waals surface area contributed by atoms with E-state index in [-0.39, 0.29) is 23.6 Å². The summed E-state index contributed by atoms with van der Waals surface area (Å²) in [6, 6.07) is 0. The van der Waals surface area contributed by atoms with Crippen LogP contribution in [0.2, 0.25) is 0 Å². The molecule has 0 radical (unpaired) electrons. The van der Waals surface area contributed by atoms with Gasteiger partial charge in [0.15, 0.2) is 5.45 Å². The lowest BCUT2D eigenvalue weighted by Crippen LogP contribution is -2.21. The first-order valence-electron chi connectivity index (χ1n) is 7.50. The van der Waals surface area contributed by atoms with E-state index >= 15 is 0 Å². The van der Waals surface area contributed by atoms with E-state index < -0.39 is 7.60 Å². The topological polar surface area (TPSA) is 68.1 Å². The Kier molecular flexibility index (Phi) is 9.36. The van der Waals surface area contributed by atoms with Crippen molar-refractivity contribution in [2.45, 2.75) is 79.4 Å². The summed E-state index contributed by atoms with van der Waals surface area (Å²) >= 11 is 0. The molecular formula is C14H30NO4P. The third-order valence-electron chi connectivity index (χ3n) is 2.85. The van der Waals surface area contributed by atoms with Gasteiger partial charge in [0.05, 0.1) is 12.2 Å².